The molecule has 28 heavy (non-hydrogen) atoms. The highest BCUT2D eigenvalue weighted by molar-refractivity contribution is 5.76. The number of amides is 1. The molecule has 2 aliphatic heterocycles. The van der Waals surface area contributed by atoms with Gasteiger partial charge in [0.15, 0.2) is 0 Å². The Morgan fingerprint density at radius 2 is 2.29 bits per heavy atom. The predicted molar refractivity (Wildman–Crippen MR) is 99.6 cm³/mol. The van der Waals surface area contributed by atoms with Gasteiger partial charge in [0.1, 0.15) is 5.75 Å². The molecule has 0 unspecified atom stereocenters. The van der Waals surface area contributed by atoms with Crippen LogP contribution in [0.1, 0.15) is 18.7 Å². The Hall–Kier alpha value is -2.45. The Kier molecular flexibility index (Phi) is 5.32. The van der Waals surface area contributed by atoms with Crippen LogP contribution in [0.5, 0.6) is 5.75 Å². The van der Waals surface area contributed by atoms with Gasteiger partial charge < -0.3 is 24.0 Å². The number of para-hydroxylation sites is 1. The number of aryl methyl sites for hydroxylation is 1. The molecule has 1 aromatic carbocycles. The monoisotopic (exact) mass is 387 g/mol. The molecule has 150 valence electrons. The van der Waals surface area contributed by atoms with Crippen LogP contribution >= 0.6 is 0 Å². The van der Waals surface area contributed by atoms with Crippen molar-refractivity contribution < 1.29 is 23.9 Å². The molecular formula is C20H25N3O5. The highest BCUT2D eigenvalue weighted by Gasteiger charge is 2.51. The van der Waals surface area contributed by atoms with E-state index in [1.54, 1.807) is 7.11 Å². The van der Waals surface area contributed by atoms with E-state index in [2.05, 4.69) is 10.1 Å². The van der Waals surface area contributed by atoms with Crippen LogP contribution in [0.2, 0.25) is 0 Å². The molecule has 1 N–H and O–H groups in total. The highest BCUT2D eigenvalue weighted by Crippen LogP contribution is 2.41. The Morgan fingerprint density at radius 1 is 1.43 bits per heavy atom. The van der Waals surface area contributed by atoms with Crippen LogP contribution in [0, 0.1) is 11.3 Å². The number of ether oxygens (including phenoxy) is 2. The molecule has 0 radical (unpaired) electrons. The number of nitrogens with zero attached hydrogens (tertiary/aromatic N) is 3. The van der Waals surface area contributed by atoms with Crippen LogP contribution in [0.4, 0.5) is 0 Å². The summed E-state index contributed by atoms with van der Waals surface area (Å²) in [6.07, 6.45) is 1.59. The summed E-state index contributed by atoms with van der Waals surface area (Å²) in [4.78, 5) is 18.8. The molecule has 0 bridgehead atoms. The third-order valence-electron chi connectivity index (χ3n) is 5.79. The van der Waals surface area contributed by atoms with E-state index >= 15 is 0 Å². The van der Waals surface area contributed by atoms with Gasteiger partial charge in [-0.3, -0.25) is 4.79 Å². The maximum absolute atomic E-state index is 12.6. The summed E-state index contributed by atoms with van der Waals surface area (Å²) in [5.74, 6) is 2.02. The highest BCUT2D eigenvalue weighted by atomic mass is 16.5. The second-order valence-corrected chi connectivity index (χ2v) is 7.57. The molecule has 3 heterocycles. The lowest BCUT2D eigenvalue weighted by Crippen LogP contribution is -2.36. The van der Waals surface area contributed by atoms with E-state index in [-0.39, 0.29) is 23.8 Å². The van der Waals surface area contributed by atoms with Crippen LogP contribution in [0.25, 0.3) is 11.4 Å². The van der Waals surface area contributed by atoms with Gasteiger partial charge in [0.25, 0.3) is 0 Å². The normalized spacial score (nSPS) is 23.8. The van der Waals surface area contributed by atoms with Gasteiger partial charge in [-0.2, -0.15) is 4.98 Å². The van der Waals surface area contributed by atoms with Crippen molar-refractivity contribution in [2.75, 3.05) is 40.0 Å². The number of rotatable bonds is 7. The van der Waals surface area contributed by atoms with Gasteiger partial charge in [0.05, 0.1) is 32.5 Å². The number of hydrogen-bond acceptors (Lipinski definition) is 7. The lowest BCUT2D eigenvalue weighted by molar-refractivity contribution is -0.131. The van der Waals surface area contributed by atoms with Crippen LogP contribution in [0.15, 0.2) is 28.8 Å². The summed E-state index contributed by atoms with van der Waals surface area (Å²) in [5, 5.41) is 13.8. The maximum Gasteiger partial charge on any atom is 0.226 e. The van der Waals surface area contributed by atoms with E-state index < -0.39 is 0 Å². The number of benzene rings is 1. The van der Waals surface area contributed by atoms with Crippen molar-refractivity contribution in [2.24, 2.45) is 11.3 Å². The minimum absolute atomic E-state index is 0.0646. The fourth-order valence-electron chi connectivity index (χ4n) is 4.09. The van der Waals surface area contributed by atoms with Crippen LogP contribution < -0.4 is 4.74 Å². The minimum Gasteiger partial charge on any atom is -0.496 e. The summed E-state index contributed by atoms with van der Waals surface area (Å²) < 4.78 is 16.2. The van der Waals surface area contributed by atoms with Crippen molar-refractivity contribution in [3.05, 3.63) is 30.2 Å². The molecule has 2 fully saturated rings. The van der Waals surface area contributed by atoms with E-state index in [0.29, 0.717) is 63.0 Å². The minimum atomic E-state index is -0.272. The Bertz CT molecular complexity index is 839. The molecule has 2 aliphatic rings. The predicted octanol–water partition coefficient (Wildman–Crippen LogP) is 1.54. The topological polar surface area (TPSA) is 97.9 Å². The average Bonchev–Trinajstić information content (AvgIpc) is 3.42. The quantitative estimate of drug-likeness (QED) is 0.769. The summed E-state index contributed by atoms with van der Waals surface area (Å²) >= 11 is 0. The van der Waals surface area contributed by atoms with E-state index in [1.165, 1.54) is 0 Å². The first-order chi connectivity index (χ1) is 13.6. The summed E-state index contributed by atoms with van der Waals surface area (Å²) in [7, 11) is 1.60. The number of carbonyl (C=O) groups is 1. The van der Waals surface area contributed by atoms with Crippen molar-refractivity contribution in [2.45, 2.75) is 19.3 Å². The lowest BCUT2D eigenvalue weighted by atomic mass is 9.82. The molecular weight excluding hydrogens is 362 g/mol. The largest absolute Gasteiger partial charge is 0.496 e. The summed E-state index contributed by atoms with van der Waals surface area (Å²) in [6, 6.07) is 7.50. The van der Waals surface area contributed by atoms with E-state index in [1.807, 2.05) is 29.2 Å². The molecule has 4 rings (SSSR count). The second kappa shape index (κ2) is 7.89. The van der Waals surface area contributed by atoms with Crippen LogP contribution in [-0.2, 0) is 16.0 Å². The Morgan fingerprint density at radius 3 is 3.07 bits per heavy atom. The smallest absolute Gasteiger partial charge is 0.226 e. The van der Waals surface area contributed by atoms with Gasteiger partial charge in [-0.1, -0.05) is 17.3 Å². The molecule has 0 aliphatic carbocycles. The maximum atomic E-state index is 12.6. The fourth-order valence-corrected chi connectivity index (χ4v) is 4.09. The van der Waals surface area contributed by atoms with Crippen molar-refractivity contribution in [1.29, 1.82) is 0 Å². The number of aromatic nitrogens is 2. The van der Waals surface area contributed by atoms with E-state index in [4.69, 9.17) is 14.0 Å². The van der Waals surface area contributed by atoms with Crippen LogP contribution in [-0.4, -0.2) is 66.1 Å². The SMILES string of the molecule is COc1ccccc1-c1noc(CCCC(=O)N2C[C@H]3COC[C@@]3(CO)C2)n1. The number of aliphatic hydroxyl groups is 1. The van der Waals surface area contributed by atoms with Crippen molar-refractivity contribution in [3.63, 3.8) is 0 Å². The van der Waals surface area contributed by atoms with Gasteiger partial charge in [0, 0.05) is 37.3 Å². The first-order valence-electron chi connectivity index (χ1n) is 9.57. The number of carbonyl (C=O) groups excluding carboxylic acids is 1. The number of methoxy groups -OCH3 is 1. The first-order valence-corrected chi connectivity index (χ1v) is 9.57. The van der Waals surface area contributed by atoms with Gasteiger partial charge in [0.2, 0.25) is 17.6 Å². The third kappa shape index (κ3) is 3.49. The zero-order valence-electron chi connectivity index (χ0n) is 16.0. The molecule has 0 spiro atoms. The zero-order chi connectivity index (χ0) is 19.6. The molecule has 2 saturated heterocycles. The van der Waals surface area contributed by atoms with Gasteiger partial charge in [-0.05, 0) is 18.6 Å². The third-order valence-corrected chi connectivity index (χ3v) is 5.79. The van der Waals surface area contributed by atoms with Gasteiger partial charge >= 0.3 is 0 Å². The molecule has 1 amide bonds. The van der Waals surface area contributed by atoms with Crippen LogP contribution in [0.3, 0.4) is 0 Å². The molecule has 8 heteroatoms. The first kappa shape index (κ1) is 18.9. The second-order valence-electron chi connectivity index (χ2n) is 7.57. The Balaban J connectivity index is 1.30. The van der Waals surface area contributed by atoms with E-state index in [9.17, 15) is 9.90 Å². The van der Waals surface area contributed by atoms with Crippen molar-refractivity contribution >= 4 is 5.91 Å². The van der Waals surface area contributed by atoms with E-state index in [0.717, 1.165) is 5.56 Å². The molecule has 0 saturated carbocycles. The lowest BCUT2D eigenvalue weighted by Gasteiger charge is -2.24. The zero-order valence-corrected chi connectivity index (χ0v) is 16.0. The molecule has 8 nitrogen and oxygen atoms in total. The molecule has 2 atom stereocenters. The molecule has 1 aromatic heterocycles. The van der Waals surface area contributed by atoms with Gasteiger partial charge in [-0.15, -0.1) is 0 Å². The summed E-state index contributed by atoms with van der Waals surface area (Å²) in [6.45, 7) is 2.46. The summed E-state index contributed by atoms with van der Waals surface area (Å²) in [5.41, 5.74) is 0.502. The fraction of sp³-hybridized carbons (Fsp3) is 0.550. The molecule has 2 aromatic rings. The average molecular weight is 387 g/mol. The number of hydrogen-bond donors (Lipinski definition) is 1. The van der Waals surface area contributed by atoms with Crippen molar-refractivity contribution in [3.8, 4) is 17.1 Å². The number of fused-ring (bicyclic) bond motifs is 1. The Labute approximate surface area is 163 Å². The van der Waals surface area contributed by atoms with Crippen molar-refractivity contribution in [1.82, 2.24) is 15.0 Å². The standard InChI is InChI=1S/C20H25N3O5/c1-26-16-6-3-2-5-15(16)19-21-17(28-22-19)7-4-8-18(25)23-9-14-10-27-13-20(14,11-23)12-24/h2-3,5-6,14,24H,4,7-13H2,1H3/t14-,20-/m0/s1. The van der Waals surface area contributed by atoms with Gasteiger partial charge in [-0.25, -0.2) is 0 Å². The number of aliphatic hydroxyl groups excluding tert-OH is 1. The number of likely N-dealkylation sites (tertiary alicyclic amines) is 1.